The minimum absolute atomic E-state index is 0.0258. The molecule has 0 spiro atoms. The zero-order chi connectivity index (χ0) is 25.8. The number of halogens is 6. The molecule has 3 fully saturated rings. The summed E-state index contributed by atoms with van der Waals surface area (Å²) in [5, 5.41) is 8.86. The number of alkyl halides is 4. The van der Waals surface area contributed by atoms with E-state index >= 15 is 4.39 Å². The number of nitrogens with zero attached hydrogens (tertiary/aromatic N) is 4. The maximum absolute atomic E-state index is 15.1. The molecule has 3 atom stereocenters. The lowest BCUT2D eigenvalue weighted by atomic mass is 9.95. The molecule has 0 bridgehead atoms. The quantitative estimate of drug-likeness (QED) is 0.516. The summed E-state index contributed by atoms with van der Waals surface area (Å²) in [4.78, 5) is 22.5. The SMILES string of the molecule is O=C(O)N1CC[C@@H](Oc2nc(OC[C@@]34CCCN3C[C@H](F)C4)nc3c(F)c(Br)c(C(F)(F)F)cc23)C1. The molecule has 0 unspecified atom stereocenters. The van der Waals surface area contributed by atoms with Crippen molar-refractivity contribution in [1.29, 1.82) is 0 Å². The van der Waals surface area contributed by atoms with Crippen LogP contribution < -0.4 is 9.47 Å². The molecule has 0 saturated carbocycles. The Balaban J connectivity index is 1.51. The van der Waals surface area contributed by atoms with Crippen LogP contribution in [0.3, 0.4) is 0 Å². The van der Waals surface area contributed by atoms with E-state index in [0.29, 0.717) is 19.0 Å². The van der Waals surface area contributed by atoms with E-state index in [2.05, 4.69) is 25.9 Å². The standard InChI is InChI=1S/C22H22BrF5N4O4/c23-15-14(22(26,27)28)6-13-17(16(15)25)29-19(30-18(13)36-12-2-5-31(9-12)20(33)34)35-10-21-3-1-4-32(21)8-11(24)7-21/h6,11-12H,1-5,7-10H2,(H,33,34)/t11-,12-,21+/m1/s1. The summed E-state index contributed by atoms with van der Waals surface area (Å²) in [7, 11) is 0. The van der Waals surface area contributed by atoms with Gasteiger partial charge in [-0.25, -0.2) is 13.6 Å². The topological polar surface area (TPSA) is 88.0 Å². The number of ether oxygens (including phenoxy) is 2. The predicted octanol–water partition coefficient (Wildman–Crippen LogP) is 4.64. The number of rotatable bonds is 5. The van der Waals surface area contributed by atoms with Gasteiger partial charge in [0.05, 0.1) is 27.5 Å². The van der Waals surface area contributed by atoms with Crippen molar-refractivity contribution in [2.24, 2.45) is 0 Å². The normalized spacial score (nSPS) is 26.6. The summed E-state index contributed by atoms with van der Waals surface area (Å²) in [6.45, 7) is 1.18. The highest BCUT2D eigenvalue weighted by Crippen LogP contribution is 2.43. The van der Waals surface area contributed by atoms with Crippen LogP contribution in [0.15, 0.2) is 10.5 Å². The van der Waals surface area contributed by atoms with Crippen molar-refractivity contribution in [2.45, 2.75) is 49.7 Å². The van der Waals surface area contributed by atoms with E-state index in [1.807, 2.05) is 4.90 Å². The van der Waals surface area contributed by atoms with Crippen LogP contribution in [0.2, 0.25) is 0 Å². The number of aromatic nitrogens is 2. The van der Waals surface area contributed by atoms with Gasteiger partial charge in [-0.2, -0.15) is 23.1 Å². The molecule has 0 radical (unpaired) electrons. The Labute approximate surface area is 210 Å². The fraction of sp³-hybridized carbons (Fsp3) is 0.591. The van der Waals surface area contributed by atoms with Crippen LogP contribution in [0, 0.1) is 5.82 Å². The summed E-state index contributed by atoms with van der Waals surface area (Å²) < 4.78 is 80.7. The van der Waals surface area contributed by atoms with Gasteiger partial charge >= 0.3 is 18.3 Å². The summed E-state index contributed by atoms with van der Waals surface area (Å²) in [5.74, 6) is -1.61. The van der Waals surface area contributed by atoms with Crippen molar-refractivity contribution in [1.82, 2.24) is 19.8 Å². The third-order valence-corrected chi connectivity index (χ3v) is 7.82. The molecule has 36 heavy (non-hydrogen) atoms. The van der Waals surface area contributed by atoms with E-state index in [1.54, 1.807) is 0 Å². The number of carboxylic acid groups (broad SMARTS) is 1. The van der Waals surface area contributed by atoms with Gasteiger partial charge in [0.1, 0.15) is 24.4 Å². The third-order valence-electron chi connectivity index (χ3n) is 7.05. The molecular weight excluding hydrogens is 559 g/mol. The molecule has 14 heteroatoms. The minimum atomic E-state index is -4.87. The second kappa shape index (κ2) is 9.12. The van der Waals surface area contributed by atoms with Crippen molar-refractivity contribution in [3.8, 4) is 11.9 Å². The average molecular weight is 581 g/mol. The molecule has 1 aromatic carbocycles. The number of hydrogen-bond acceptors (Lipinski definition) is 6. The van der Waals surface area contributed by atoms with E-state index < -0.39 is 51.5 Å². The first-order chi connectivity index (χ1) is 17.0. The zero-order valence-corrected chi connectivity index (χ0v) is 20.4. The van der Waals surface area contributed by atoms with Crippen molar-refractivity contribution < 1.29 is 41.3 Å². The van der Waals surface area contributed by atoms with Crippen molar-refractivity contribution in [3.05, 3.63) is 21.9 Å². The lowest BCUT2D eigenvalue weighted by Crippen LogP contribution is -2.43. The fourth-order valence-corrected chi connectivity index (χ4v) is 5.85. The van der Waals surface area contributed by atoms with Crippen LogP contribution in [0.5, 0.6) is 11.9 Å². The van der Waals surface area contributed by atoms with E-state index in [0.717, 1.165) is 17.9 Å². The smallest absolute Gasteiger partial charge is 0.417 e. The number of benzene rings is 1. The first-order valence-corrected chi connectivity index (χ1v) is 12.2. The molecule has 1 amide bonds. The van der Waals surface area contributed by atoms with E-state index in [4.69, 9.17) is 9.47 Å². The Morgan fingerprint density at radius 2 is 2.06 bits per heavy atom. The maximum atomic E-state index is 15.1. The van der Waals surface area contributed by atoms with Crippen LogP contribution >= 0.6 is 15.9 Å². The van der Waals surface area contributed by atoms with Gasteiger partial charge in [-0.1, -0.05) is 0 Å². The molecule has 3 aliphatic heterocycles. The lowest BCUT2D eigenvalue weighted by molar-refractivity contribution is -0.138. The number of carbonyl (C=O) groups is 1. The molecule has 4 heterocycles. The second-order valence-electron chi connectivity index (χ2n) is 9.38. The molecule has 196 valence electrons. The Kier molecular flexibility index (Phi) is 6.38. The Hall–Kier alpha value is -2.48. The zero-order valence-electron chi connectivity index (χ0n) is 18.8. The molecular formula is C22H22BrF5N4O4. The van der Waals surface area contributed by atoms with E-state index in [1.165, 1.54) is 0 Å². The van der Waals surface area contributed by atoms with Crippen molar-refractivity contribution in [3.63, 3.8) is 0 Å². The van der Waals surface area contributed by atoms with Gasteiger partial charge in [0.15, 0.2) is 5.82 Å². The minimum Gasteiger partial charge on any atom is -0.472 e. The van der Waals surface area contributed by atoms with Crippen molar-refractivity contribution in [2.75, 3.05) is 32.8 Å². The lowest BCUT2D eigenvalue weighted by Gasteiger charge is -2.30. The van der Waals surface area contributed by atoms with Crippen LogP contribution in [-0.2, 0) is 6.18 Å². The highest BCUT2D eigenvalue weighted by Gasteiger charge is 2.49. The second-order valence-corrected chi connectivity index (χ2v) is 10.2. The first-order valence-electron chi connectivity index (χ1n) is 11.4. The molecule has 1 N–H and O–H groups in total. The molecule has 2 aromatic rings. The number of likely N-dealkylation sites (tertiary alicyclic amines) is 1. The Morgan fingerprint density at radius 3 is 2.75 bits per heavy atom. The van der Waals surface area contributed by atoms with Crippen LogP contribution in [0.1, 0.15) is 31.2 Å². The maximum Gasteiger partial charge on any atom is 0.417 e. The predicted molar refractivity (Wildman–Crippen MR) is 119 cm³/mol. The Morgan fingerprint density at radius 1 is 1.28 bits per heavy atom. The Bertz CT molecular complexity index is 1200. The fourth-order valence-electron chi connectivity index (χ4n) is 5.32. The number of amides is 1. The molecule has 5 rings (SSSR count). The molecule has 3 saturated heterocycles. The average Bonchev–Trinajstić information content (AvgIpc) is 3.48. The molecule has 1 aromatic heterocycles. The van der Waals surface area contributed by atoms with Gasteiger partial charge in [-0.15, -0.1) is 0 Å². The highest BCUT2D eigenvalue weighted by atomic mass is 79.9. The summed E-state index contributed by atoms with van der Waals surface area (Å²) in [6.07, 6.45) is -5.63. The summed E-state index contributed by atoms with van der Waals surface area (Å²) >= 11 is 2.68. The first kappa shape index (κ1) is 25.2. The third kappa shape index (κ3) is 4.53. The van der Waals surface area contributed by atoms with Crippen molar-refractivity contribution >= 4 is 32.9 Å². The number of fused-ring (bicyclic) bond motifs is 2. The van der Waals surface area contributed by atoms with Gasteiger partial charge in [-0.3, -0.25) is 4.90 Å². The van der Waals surface area contributed by atoms with Gasteiger partial charge < -0.3 is 19.5 Å². The summed E-state index contributed by atoms with van der Waals surface area (Å²) in [5.41, 5.74) is -2.27. The monoisotopic (exact) mass is 580 g/mol. The number of hydrogen-bond donors (Lipinski definition) is 1. The molecule has 8 nitrogen and oxygen atoms in total. The van der Waals surface area contributed by atoms with Gasteiger partial charge in [0.2, 0.25) is 5.88 Å². The van der Waals surface area contributed by atoms with Gasteiger partial charge in [0, 0.05) is 25.9 Å². The molecule has 3 aliphatic rings. The van der Waals surface area contributed by atoms with Gasteiger partial charge in [-0.05, 0) is 41.4 Å². The largest absolute Gasteiger partial charge is 0.472 e. The van der Waals surface area contributed by atoms with Crippen LogP contribution in [0.4, 0.5) is 26.7 Å². The van der Waals surface area contributed by atoms with Gasteiger partial charge in [0.25, 0.3) is 0 Å². The van der Waals surface area contributed by atoms with E-state index in [9.17, 15) is 27.5 Å². The highest BCUT2D eigenvalue weighted by molar-refractivity contribution is 9.10. The van der Waals surface area contributed by atoms with E-state index in [-0.39, 0.29) is 49.8 Å². The molecule has 0 aliphatic carbocycles. The van der Waals surface area contributed by atoms with Crippen LogP contribution in [0.25, 0.3) is 10.9 Å². The summed E-state index contributed by atoms with van der Waals surface area (Å²) in [6, 6.07) is 0.368. The van der Waals surface area contributed by atoms with Crippen LogP contribution in [-0.4, -0.2) is 81.6 Å².